The highest BCUT2D eigenvalue weighted by Crippen LogP contribution is 2.24. The fourth-order valence-electron chi connectivity index (χ4n) is 2.84. The van der Waals surface area contributed by atoms with Crippen LogP contribution in [0.1, 0.15) is 22.8 Å². The van der Waals surface area contributed by atoms with Crippen LogP contribution < -0.4 is 5.32 Å². The van der Waals surface area contributed by atoms with Crippen LogP contribution in [0.5, 0.6) is 0 Å². The third kappa shape index (κ3) is 3.50. The summed E-state index contributed by atoms with van der Waals surface area (Å²) in [7, 11) is 1.82. The van der Waals surface area contributed by atoms with Crippen molar-refractivity contribution in [2.24, 2.45) is 0 Å². The Morgan fingerprint density at radius 3 is 2.70 bits per heavy atom. The summed E-state index contributed by atoms with van der Waals surface area (Å²) < 4.78 is 4.80. The topological polar surface area (TPSA) is 91.5 Å². The van der Waals surface area contributed by atoms with E-state index in [1.54, 1.807) is 4.90 Å². The van der Waals surface area contributed by atoms with Crippen molar-refractivity contribution in [2.75, 3.05) is 13.6 Å². The van der Waals surface area contributed by atoms with Crippen LogP contribution in [-0.4, -0.2) is 45.8 Å². The number of carbonyl (C=O) groups excluding carboxylic acids is 1. The fourth-order valence-corrected chi connectivity index (χ4v) is 2.84. The number of hydrogen-bond donors (Lipinski definition) is 2. The van der Waals surface area contributed by atoms with Gasteiger partial charge in [-0.05, 0) is 24.0 Å². The van der Waals surface area contributed by atoms with Crippen LogP contribution in [0.4, 0.5) is 4.79 Å². The van der Waals surface area contributed by atoms with E-state index in [-0.39, 0.29) is 24.6 Å². The molecule has 0 bridgehead atoms. The Bertz CT molecular complexity index is 660. The summed E-state index contributed by atoms with van der Waals surface area (Å²) in [5.74, 6) is 0.664. The number of aliphatic hydroxyl groups excluding tert-OH is 1. The van der Waals surface area contributed by atoms with Gasteiger partial charge in [-0.25, -0.2) is 4.79 Å². The second kappa shape index (κ2) is 6.78. The fraction of sp³-hybridized carbons (Fsp3) is 0.438. The molecule has 1 aromatic carbocycles. The Labute approximate surface area is 134 Å². The lowest BCUT2D eigenvalue weighted by Crippen LogP contribution is -2.44. The molecular weight excluding hydrogens is 296 g/mol. The van der Waals surface area contributed by atoms with E-state index in [9.17, 15) is 4.79 Å². The van der Waals surface area contributed by atoms with E-state index < -0.39 is 0 Å². The SMILES string of the molecule is CN(C(=O)NCCc1noc(CO)n1)C1Cc2ccccc2C1. The Kier molecular flexibility index (Phi) is 4.57. The maximum Gasteiger partial charge on any atom is 0.317 e. The quantitative estimate of drug-likeness (QED) is 0.855. The van der Waals surface area contributed by atoms with Crippen LogP contribution in [0.3, 0.4) is 0 Å². The number of fused-ring (bicyclic) bond motifs is 1. The smallest absolute Gasteiger partial charge is 0.317 e. The third-order valence-corrected chi connectivity index (χ3v) is 4.17. The number of aromatic nitrogens is 2. The first-order chi connectivity index (χ1) is 11.2. The first-order valence-corrected chi connectivity index (χ1v) is 7.67. The number of nitrogens with zero attached hydrogens (tertiary/aromatic N) is 3. The van der Waals surface area contributed by atoms with E-state index in [0.717, 1.165) is 12.8 Å². The van der Waals surface area contributed by atoms with Crippen LogP contribution in [-0.2, 0) is 25.9 Å². The van der Waals surface area contributed by atoms with Crippen molar-refractivity contribution in [1.82, 2.24) is 20.4 Å². The van der Waals surface area contributed by atoms with Gasteiger partial charge in [-0.2, -0.15) is 4.98 Å². The number of hydrogen-bond acceptors (Lipinski definition) is 5. The van der Waals surface area contributed by atoms with Gasteiger partial charge in [0.1, 0.15) is 6.61 Å². The average Bonchev–Trinajstić information content (AvgIpc) is 3.20. The molecule has 1 aliphatic rings. The van der Waals surface area contributed by atoms with E-state index in [1.165, 1.54) is 11.1 Å². The molecule has 7 heteroatoms. The molecule has 23 heavy (non-hydrogen) atoms. The van der Waals surface area contributed by atoms with Gasteiger partial charge in [0.25, 0.3) is 5.89 Å². The second-order valence-electron chi connectivity index (χ2n) is 5.69. The summed E-state index contributed by atoms with van der Waals surface area (Å²) in [6.07, 6.45) is 2.25. The Morgan fingerprint density at radius 2 is 2.09 bits per heavy atom. The molecule has 7 nitrogen and oxygen atoms in total. The molecule has 2 N–H and O–H groups in total. The third-order valence-electron chi connectivity index (χ3n) is 4.17. The van der Waals surface area contributed by atoms with Crippen LogP contribution in [0.25, 0.3) is 0 Å². The van der Waals surface area contributed by atoms with Gasteiger partial charge < -0.3 is 19.8 Å². The molecule has 122 valence electrons. The van der Waals surface area contributed by atoms with Crippen molar-refractivity contribution in [3.8, 4) is 0 Å². The standard InChI is InChI=1S/C16H20N4O3/c1-20(13-8-11-4-2-3-5-12(11)9-13)16(22)17-7-6-14-18-15(10-21)23-19-14/h2-5,13,21H,6-10H2,1H3,(H,17,22). The number of rotatable bonds is 5. The van der Waals surface area contributed by atoms with Crippen LogP contribution in [0.15, 0.2) is 28.8 Å². The summed E-state index contributed by atoms with van der Waals surface area (Å²) in [5.41, 5.74) is 2.64. The lowest BCUT2D eigenvalue weighted by atomic mass is 10.1. The first kappa shape index (κ1) is 15.5. The van der Waals surface area contributed by atoms with Gasteiger partial charge >= 0.3 is 6.03 Å². The molecule has 0 fully saturated rings. The number of carbonyl (C=O) groups is 1. The summed E-state index contributed by atoms with van der Waals surface area (Å²) in [4.78, 5) is 18.0. The van der Waals surface area contributed by atoms with Gasteiger partial charge in [0, 0.05) is 26.1 Å². The molecule has 1 aliphatic carbocycles. The zero-order chi connectivity index (χ0) is 16.2. The number of urea groups is 1. The van der Waals surface area contributed by atoms with Crippen molar-refractivity contribution >= 4 is 6.03 Å². The molecule has 3 rings (SSSR count). The van der Waals surface area contributed by atoms with E-state index in [0.29, 0.717) is 18.8 Å². The lowest BCUT2D eigenvalue weighted by molar-refractivity contribution is 0.192. The highest BCUT2D eigenvalue weighted by Gasteiger charge is 2.27. The van der Waals surface area contributed by atoms with Gasteiger partial charge in [0.15, 0.2) is 5.82 Å². The van der Waals surface area contributed by atoms with E-state index in [2.05, 4.69) is 27.6 Å². The number of likely N-dealkylation sites (N-methyl/N-ethyl adjacent to an activating group) is 1. The molecule has 0 aliphatic heterocycles. The van der Waals surface area contributed by atoms with Crippen molar-refractivity contribution in [3.63, 3.8) is 0 Å². The van der Waals surface area contributed by atoms with Gasteiger partial charge in [0.05, 0.1) is 0 Å². The van der Waals surface area contributed by atoms with Gasteiger partial charge in [-0.15, -0.1) is 0 Å². The van der Waals surface area contributed by atoms with E-state index in [1.807, 2.05) is 19.2 Å². The predicted molar refractivity (Wildman–Crippen MR) is 82.7 cm³/mol. The van der Waals surface area contributed by atoms with Gasteiger partial charge in [-0.1, -0.05) is 29.4 Å². The minimum Gasteiger partial charge on any atom is -0.387 e. The van der Waals surface area contributed by atoms with E-state index >= 15 is 0 Å². The Hall–Kier alpha value is -2.41. The molecule has 0 saturated heterocycles. The Balaban J connectivity index is 1.47. The Morgan fingerprint density at radius 1 is 1.39 bits per heavy atom. The zero-order valence-corrected chi connectivity index (χ0v) is 13.0. The number of amides is 2. The molecule has 1 aromatic heterocycles. The minimum atomic E-state index is -0.273. The summed E-state index contributed by atoms with van der Waals surface area (Å²) in [6, 6.07) is 8.40. The predicted octanol–water partition coefficient (Wildman–Crippen LogP) is 0.913. The lowest BCUT2D eigenvalue weighted by Gasteiger charge is -2.24. The monoisotopic (exact) mass is 316 g/mol. The summed E-state index contributed by atoms with van der Waals surface area (Å²) in [6.45, 7) is 0.150. The highest BCUT2D eigenvalue weighted by molar-refractivity contribution is 5.74. The molecule has 0 saturated carbocycles. The summed E-state index contributed by atoms with van der Waals surface area (Å²) >= 11 is 0. The van der Waals surface area contributed by atoms with Crippen molar-refractivity contribution in [3.05, 3.63) is 47.1 Å². The maximum absolute atomic E-state index is 12.2. The highest BCUT2D eigenvalue weighted by atomic mass is 16.5. The largest absolute Gasteiger partial charge is 0.387 e. The minimum absolute atomic E-state index is 0.103. The second-order valence-corrected chi connectivity index (χ2v) is 5.69. The molecule has 0 radical (unpaired) electrons. The molecular formula is C16H20N4O3. The van der Waals surface area contributed by atoms with Gasteiger partial charge in [0.2, 0.25) is 0 Å². The zero-order valence-electron chi connectivity index (χ0n) is 13.0. The molecule has 0 unspecified atom stereocenters. The molecule has 0 spiro atoms. The van der Waals surface area contributed by atoms with Crippen molar-refractivity contribution in [2.45, 2.75) is 31.9 Å². The first-order valence-electron chi connectivity index (χ1n) is 7.67. The maximum atomic E-state index is 12.2. The van der Waals surface area contributed by atoms with Crippen LogP contribution in [0, 0.1) is 0 Å². The molecule has 1 heterocycles. The number of aliphatic hydroxyl groups is 1. The average molecular weight is 316 g/mol. The molecule has 2 aromatic rings. The van der Waals surface area contributed by atoms with Gasteiger partial charge in [-0.3, -0.25) is 0 Å². The molecule has 0 atom stereocenters. The summed E-state index contributed by atoms with van der Waals surface area (Å²) in [5, 5.41) is 15.4. The van der Waals surface area contributed by atoms with E-state index in [4.69, 9.17) is 9.63 Å². The van der Waals surface area contributed by atoms with Crippen LogP contribution in [0.2, 0.25) is 0 Å². The normalized spacial score (nSPS) is 13.8. The van der Waals surface area contributed by atoms with Crippen molar-refractivity contribution < 1.29 is 14.4 Å². The number of benzene rings is 1. The number of nitrogens with one attached hydrogen (secondary N) is 1. The van der Waals surface area contributed by atoms with Crippen molar-refractivity contribution in [1.29, 1.82) is 0 Å². The molecule has 2 amide bonds. The van der Waals surface area contributed by atoms with Crippen LogP contribution >= 0.6 is 0 Å².